The molecule has 1 aromatic carbocycles. The van der Waals surface area contributed by atoms with E-state index in [0.717, 1.165) is 4.90 Å². The number of aromatic nitrogens is 1. The zero-order valence-electron chi connectivity index (χ0n) is 15.5. The monoisotopic (exact) mass is 428 g/mol. The number of alkyl halides is 2. The second kappa shape index (κ2) is 8.89. The number of carbonyl (C=O) groups excluding carboxylic acids is 2. The Morgan fingerprint density at radius 1 is 1.33 bits per heavy atom. The van der Waals surface area contributed by atoms with Crippen LogP contribution >= 0.6 is 11.6 Å². The Labute approximate surface area is 176 Å². The summed E-state index contributed by atoms with van der Waals surface area (Å²) in [6.07, 6.45) is 2.09. The smallest absolute Gasteiger partial charge is 0.268 e. The number of hydrogen-bond donors (Lipinski definition) is 1. The molecule has 2 heterocycles. The summed E-state index contributed by atoms with van der Waals surface area (Å²) < 4.78 is 27.0. The second-order valence-corrected chi connectivity index (χ2v) is 7.03. The van der Waals surface area contributed by atoms with Crippen molar-refractivity contribution in [1.82, 2.24) is 15.2 Å². The van der Waals surface area contributed by atoms with E-state index in [1.165, 1.54) is 18.5 Å². The number of halogens is 3. The first-order chi connectivity index (χ1) is 14.3. The number of carbonyl (C=O) groups is 2. The van der Waals surface area contributed by atoms with Crippen LogP contribution in [0.15, 0.2) is 42.7 Å². The fraction of sp³-hybridized carbons (Fsp3) is 0.238. The molecule has 2 aromatic rings. The van der Waals surface area contributed by atoms with Crippen LogP contribution in [0.3, 0.4) is 0 Å². The van der Waals surface area contributed by atoms with Crippen molar-refractivity contribution < 1.29 is 18.4 Å². The van der Waals surface area contributed by atoms with E-state index in [9.17, 15) is 18.4 Å². The minimum Gasteiger partial charge on any atom is -0.343 e. The maximum Gasteiger partial charge on any atom is 0.268 e. The number of nitrogens with zero attached hydrogens (tertiary/aromatic N) is 3. The van der Waals surface area contributed by atoms with Gasteiger partial charge in [-0.05, 0) is 24.3 Å². The van der Waals surface area contributed by atoms with Gasteiger partial charge in [-0.15, -0.1) is 0 Å². The molecule has 1 unspecified atom stereocenters. The highest BCUT2D eigenvalue weighted by atomic mass is 35.5. The highest BCUT2D eigenvalue weighted by molar-refractivity contribution is 6.30. The number of rotatable bonds is 3. The summed E-state index contributed by atoms with van der Waals surface area (Å²) in [5.74, 6) is 1.23. The van der Waals surface area contributed by atoms with E-state index in [2.05, 4.69) is 22.1 Å². The largest absolute Gasteiger partial charge is 0.343 e. The van der Waals surface area contributed by atoms with Crippen LogP contribution in [0.25, 0.3) is 0 Å². The van der Waals surface area contributed by atoms with Gasteiger partial charge in [-0.3, -0.25) is 14.6 Å². The van der Waals surface area contributed by atoms with E-state index in [-0.39, 0.29) is 5.56 Å². The molecule has 0 spiro atoms. The van der Waals surface area contributed by atoms with Crippen molar-refractivity contribution in [3.63, 3.8) is 0 Å². The number of hydrogen-bond acceptors (Lipinski definition) is 4. The van der Waals surface area contributed by atoms with Crippen molar-refractivity contribution in [1.29, 1.82) is 5.26 Å². The first kappa shape index (κ1) is 21.2. The standard InChI is InChI=1S/C21H15ClF2N4O2/c22-16-3-1-2-14(8-16)4-5-15-11-26-7-6-18(15)20(30)27-12-19(29)28-13-21(23,24)9-17(28)10-25/h1-3,6-8,11,17H,9,12-13H2,(H,27,30). The predicted molar refractivity (Wildman–Crippen MR) is 105 cm³/mol. The van der Waals surface area contributed by atoms with Gasteiger partial charge in [0.2, 0.25) is 5.91 Å². The van der Waals surface area contributed by atoms with E-state index in [1.54, 1.807) is 30.3 Å². The minimum absolute atomic E-state index is 0.177. The number of nitrogens with one attached hydrogen (secondary N) is 1. The van der Waals surface area contributed by atoms with E-state index in [0.29, 0.717) is 16.1 Å². The van der Waals surface area contributed by atoms with Gasteiger partial charge >= 0.3 is 0 Å². The zero-order chi connectivity index (χ0) is 21.7. The molecular formula is C21H15ClF2N4O2. The van der Waals surface area contributed by atoms with Crippen molar-refractivity contribution in [2.75, 3.05) is 13.1 Å². The molecule has 9 heteroatoms. The fourth-order valence-electron chi connectivity index (χ4n) is 2.94. The maximum atomic E-state index is 13.5. The van der Waals surface area contributed by atoms with Gasteiger partial charge in [0.1, 0.15) is 6.04 Å². The molecule has 1 atom stereocenters. The van der Waals surface area contributed by atoms with Gasteiger partial charge in [-0.1, -0.05) is 29.5 Å². The summed E-state index contributed by atoms with van der Waals surface area (Å²) in [7, 11) is 0. The van der Waals surface area contributed by atoms with Crippen LogP contribution in [0.2, 0.25) is 5.02 Å². The molecule has 30 heavy (non-hydrogen) atoms. The van der Waals surface area contributed by atoms with E-state index in [4.69, 9.17) is 16.9 Å². The molecule has 3 rings (SSSR count). The van der Waals surface area contributed by atoms with Crippen molar-refractivity contribution in [3.8, 4) is 17.9 Å². The predicted octanol–water partition coefficient (Wildman–Crippen LogP) is 2.62. The Kier molecular flexibility index (Phi) is 6.29. The van der Waals surface area contributed by atoms with Crippen LogP contribution in [0, 0.1) is 23.2 Å². The van der Waals surface area contributed by atoms with Crippen LogP contribution in [-0.4, -0.2) is 46.8 Å². The van der Waals surface area contributed by atoms with Gasteiger partial charge < -0.3 is 10.2 Å². The molecule has 6 nitrogen and oxygen atoms in total. The summed E-state index contributed by atoms with van der Waals surface area (Å²) in [4.78, 5) is 29.5. The van der Waals surface area contributed by atoms with Crippen molar-refractivity contribution in [3.05, 3.63) is 64.4 Å². The highest BCUT2D eigenvalue weighted by Crippen LogP contribution is 2.31. The van der Waals surface area contributed by atoms with Gasteiger partial charge in [-0.2, -0.15) is 5.26 Å². The third-order valence-electron chi connectivity index (χ3n) is 4.37. The molecular weight excluding hydrogens is 414 g/mol. The lowest BCUT2D eigenvalue weighted by Crippen LogP contribution is -2.43. The first-order valence-corrected chi connectivity index (χ1v) is 9.23. The molecule has 1 aliphatic rings. The van der Waals surface area contributed by atoms with Crippen LogP contribution < -0.4 is 5.32 Å². The Hall–Kier alpha value is -3.49. The van der Waals surface area contributed by atoms with E-state index < -0.39 is 43.3 Å². The van der Waals surface area contributed by atoms with Gasteiger partial charge in [0, 0.05) is 29.4 Å². The Morgan fingerprint density at radius 3 is 2.87 bits per heavy atom. The lowest BCUT2D eigenvalue weighted by molar-refractivity contribution is -0.131. The Morgan fingerprint density at radius 2 is 2.13 bits per heavy atom. The molecule has 1 N–H and O–H groups in total. The summed E-state index contributed by atoms with van der Waals surface area (Å²) in [5.41, 5.74) is 1.14. The average Bonchev–Trinajstić information content (AvgIpc) is 3.05. The van der Waals surface area contributed by atoms with E-state index >= 15 is 0 Å². The Balaban J connectivity index is 1.70. The highest BCUT2D eigenvalue weighted by Gasteiger charge is 2.47. The number of pyridine rings is 1. The van der Waals surface area contributed by atoms with Gasteiger partial charge in [0.15, 0.2) is 0 Å². The van der Waals surface area contributed by atoms with Crippen LogP contribution in [0.1, 0.15) is 27.9 Å². The third kappa shape index (κ3) is 5.11. The molecule has 152 valence electrons. The summed E-state index contributed by atoms with van der Waals surface area (Å²) in [6, 6.07) is 8.78. The van der Waals surface area contributed by atoms with Gasteiger partial charge in [0.25, 0.3) is 11.8 Å². The minimum atomic E-state index is -3.12. The van der Waals surface area contributed by atoms with E-state index in [1.807, 2.05) is 0 Å². The maximum absolute atomic E-state index is 13.5. The number of benzene rings is 1. The first-order valence-electron chi connectivity index (χ1n) is 8.86. The fourth-order valence-corrected chi connectivity index (χ4v) is 3.14. The SMILES string of the molecule is N#CC1CC(F)(F)CN1C(=O)CNC(=O)c1ccncc1C#Cc1cccc(Cl)c1. The normalized spacial score (nSPS) is 16.9. The Bertz CT molecular complexity index is 1090. The molecule has 1 fully saturated rings. The third-order valence-corrected chi connectivity index (χ3v) is 4.61. The average molecular weight is 429 g/mol. The summed E-state index contributed by atoms with van der Waals surface area (Å²) in [5, 5.41) is 11.9. The second-order valence-electron chi connectivity index (χ2n) is 6.59. The molecule has 1 aromatic heterocycles. The number of amides is 2. The molecule has 0 aliphatic carbocycles. The molecule has 2 amide bonds. The lowest BCUT2D eigenvalue weighted by Gasteiger charge is -2.19. The van der Waals surface area contributed by atoms with Crippen LogP contribution in [0.5, 0.6) is 0 Å². The molecule has 1 saturated heterocycles. The molecule has 0 saturated carbocycles. The quantitative estimate of drug-likeness (QED) is 0.761. The molecule has 0 bridgehead atoms. The van der Waals surface area contributed by atoms with Crippen molar-refractivity contribution in [2.24, 2.45) is 0 Å². The van der Waals surface area contributed by atoms with Crippen LogP contribution in [-0.2, 0) is 4.79 Å². The van der Waals surface area contributed by atoms with Gasteiger partial charge in [0.05, 0.1) is 30.3 Å². The zero-order valence-corrected chi connectivity index (χ0v) is 16.3. The van der Waals surface area contributed by atoms with Gasteiger partial charge in [-0.25, -0.2) is 8.78 Å². The molecule has 0 radical (unpaired) electrons. The summed E-state index contributed by atoms with van der Waals surface area (Å²) >= 11 is 5.92. The summed E-state index contributed by atoms with van der Waals surface area (Å²) in [6.45, 7) is -1.36. The molecule has 1 aliphatic heterocycles. The van der Waals surface area contributed by atoms with Crippen LogP contribution in [0.4, 0.5) is 8.78 Å². The van der Waals surface area contributed by atoms with Crippen molar-refractivity contribution in [2.45, 2.75) is 18.4 Å². The number of likely N-dealkylation sites (tertiary alicyclic amines) is 1. The topological polar surface area (TPSA) is 86.1 Å². The van der Waals surface area contributed by atoms with Crippen molar-refractivity contribution >= 4 is 23.4 Å². The number of nitriles is 1. The lowest BCUT2D eigenvalue weighted by atomic mass is 10.1.